The Hall–Kier alpha value is -2.10. The van der Waals surface area contributed by atoms with E-state index in [1.807, 2.05) is 45.0 Å². The van der Waals surface area contributed by atoms with E-state index in [2.05, 4.69) is 10.4 Å². The summed E-state index contributed by atoms with van der Waals surface area (Å²) in [5.41, 5.74) is 9.08. The summed E-state index contributed by atoms with van der Waals surface area (Å²) in [4.78, 5) is 0. The molecule has 0 heterocycles. The highest BCUT2D eigenvalue weighted by Crippen LogP contribution is 2.26. The maximum absolute atomic E-state index is 9.95. The van der Waals surface area contributed by atoms with Crippen LogP contribution in [0.25, 0.3) is 0 Å². The molecule has 4 nitrogen and oxygen atoms in total. The molecule has 4 heteroatoms. The Morgan fingerprint density at radius 3 is 2.50 bits per heavy atom. The van der Waals surface area contributed by atoms with Crippen LogP contribution in [0, 0.1) is 12.5 Å². The first kappa shape index (κ1) is 14.0. The molecule has 0 aliphatic carbocycles. The number of aryl methyl sites for hydroxylation is 1. The van der Waals surface area contributed by atoms with Gasteiger partial charge in [-0.2, -0.15) is 5.11 Å². The zero-order chi connectivity index (χ0) is 13.5. The van der Waals surface area contributed by atoms with Crippen LogP contribution < -0.4 is 5.32 Å². The molecule has 0 atom stereocenters. The van der Waals surface area contributed by atoms with Crippen LogP contribution in [0.4, 0.5) is 11.4 Å². The fourth-order valence-electron chi connectivity index (χ4n) is 1.43. The Morgan fingerprint density at radius 1 is 1.22 bits per heavy atom. The van der Waals surface area contributed by atoms with Crippen molar-refractivity contribution in [3.63, 3.8) is 0 Å². The van der Waals surface area contributed by atoms with Gasteiger partial charge in [0.15, 0.2) is 0 Å². The average Bonchev–Trinajstić information content (AvgIpc) is 2.31. The van der Waals surface area contributed by atoms with Crippen LogP contribution in [0.2, 0.25) is 0 Å². The molecular weight excluding hydrogens is 226 g/mol. The predicted molar refractivity (Wildman–Crippen MR) is 74.0 cm³/mol. The lowest BCUT2D eigenvalue weighted by Crippen LogP contribution is -2.09. The number of nitrogens with one attached hydrogen (secondary N) is 2. The van der Waals surface area contributed by atoms with Gasteiger partial charge in [-0.3, -0.25) is 0 Å². The normalized spacial score (nSPS) is 9.78. The van der Waals surface area contributed by atoms with Crippen molar-refractivity contribution < 1.29 is 5.11 Å². The quantitative estimate of drug-likeness (QED) is 0.694. The van der Waals surface area contributed by atoms with E-state index >= 15 is 0 Å². The highest BCUT2D eigenvalue weighted by molar-refractivity contribution is 5.65. The summed E-state index contributed by atoms with van der Waals surface area (Å²) in [5, 5.41) is 16.6. The molecule has 0 fully saturated rings. The third kappa shape index (κ3) is 4.05. The smallest absolute Gasteiger partial charge is 0.120 e. The number of rotatable bonds is 3. The lowest BCUT2D eigenvalue weighted by Gasteiger charge is -2.10. The number of nitrogens with zero attached hydrogens (tertiary/aromatic N) is 1. The molecule has 0 bridgehead atoms. The minimum atomic E-state index is 0.166. The Labute approximate surface area is 108 Å². The van der Waals surface area contributed by atoms with E-state index in [9.17, 15) is 5.11 Å². The van der Waals surface area contributed by atoms with Gasteiger partial charge >= 0.3 is 0 Å². The minimum Gasteiger partial charge on any atom is -0.508 e. The number of hydrogen-bond acceptors (Lipinski definition) is 4. The molecule has 0 spiro atoms. The standard InChI is InChI=1S/C14H19N3O/c1-10(2)16-13-9-14(18)11(3)7-5-4-6-8-12(13)17-15/h4-10,15-16,18H,1-3H3. The van der Waals surface area contributed by atoms with Crippen molar-refractivity contribution in [3.8, 4) is 5.75 Å². The molecule has 0 aliphatic heterocycles. The molecule has 96 valence electrons. The Morgan fingerprint density at radius 2 is 1.89 bits per heavy atom. The van der Waals surface area contributed by atoms with Gasteiger partial charge in [0.2, 0.25) is 0 Å². The van der Waals surface area contributed by atoms with E-state index < -0.39 is 0 Å². The van der Waals surface area contributed by atoms with Crippen molar-refractivity contribution in [2.45, 2.75) is 26.8 Å². The van der Waals surface area contributed by atoms with Crippen molar-refractivity contribution in [2.24, 2.45) is 5.11 Å². The first-order chi connectivity index (χ1) is 8.54. The van der Waals surface area contributed by atoms with Gasteiger partial charge < -0.3 is 10.4 Å². The Balaban J connectivity index is 3.52. The van der Waals surface area contributed by atoms with Gasteiger partial charge in [-0.1, -0.05) is 24.3 Å². The molecule has 0 saturated carbocycles. The molecule has 1 aromatic rings. The lowest BCUT2D eigenvalue weighted by atomic mass is 10.2. The van der Waals surface area contributed by atoms with Crippen LogP contribution in [0.15, 0.2) is 41.5 Å². The SMILES string of the molecule is Cc1cccccc(N=N)c(NC(C)C)cc1O. The summed E-state index contributed by atoms with van der Waals surface area (Å²) in [6.45, 7) is 5.81. The molecule has 3 N–H and O–H groups in total. The van der Waals surface area contributed by atoms with Gasteiger partial charge in [0, 0.05) is 12.1 Å². The zero-order valence-corrected chi connectivity index (χ0v) is 10.9. The lowest BCUT2D eigenvalue weighted by molar-refractivity contribution is 0.472. The van der Waals surface area contributed by atoms with E-state index in [4.69, 9.17) is 5.53 Å². The Kier molecular flexibility index (Phi) is 5.11. The van der Waals surface area contributed by atoms with Gasteiger partial charge in [0.05, 0.1) is 5.69 Å². The maximum Gasteiger partial charge on any atom is 0.120 e. The van der Waals surface area contributed by atoms with Crippen LogP contribution in [0.5, 0.6) is 5.75 Å². The highest BCUT2D eigenvalue weighted by Gasteiger charge is 2.02. The fraction of sp³-hybridized carbons (Fsp3) is 0.286. The largest absolute Gasteiger partial charge is 0.508 e. The second-order valence-corrected chi connectivity index (χ2v) is 4.33. The average molecular weight is 245 g/mol. The third-order valence-corrected chi connectivity index (χ3v) is 2.35. The van der Waals surface area contributed by atoms with Crippen LogP contribution in [-0.4, -0.2) is 11.1 Å². The van der Waals surface area contributed by atoms with Crippen LogP contribution in [-0.2, 0) is 0 Å². The molecule has 0 aliphatic rings. The monoisotopic (exact) mass is 245 g/mol. The van der Waals surface area contributed by atoms with E-state index in [0.717, 1.165) is 5.56 Å². The molecule has 0 saturated heterocycles. The summed E-state index contributed by atoms with van der Waals surface area (Å²) in [6.07, 6.45) is 0. The molecule has 0 radical (unpaired) electrons. The zero-order valence-electron chi connectivity index (χ0n) is 10.9. The van der Waals surface area contributed by atoms with Crippen LogP contribution >= 0.6 is 0 Å². The second kappa shape index (κ2) is 6.59. The molecular formula is C14H19N3O. The second-order valence-electron chi connectivity index (χ2n) is 4.33. The van der Waals surface area contributed by atoms with Crippen molar-refractivity contribution in [1.82, 2.24) is 0 Å². The molecule has 1 rings (SSSR count). The molecule has 0 unspecified atom stereocenters. The van der Waals surface area contributed by atoms with Gasteiger partial charge in [-0.25, -0.2) is 5.53 Å². The number of aromatic hydroxyl groups is 1. The van der Waals surface area contributed by atoms with Gasteiger partial charge in [-0.05, 0) is 32.4 Å². The summed E-state index contributed by atoms with van der Waals surface area (Å²) in [6, 6.07) is 10.8. The summed E-state index contributed by atoms with van der Waals surface area (Å²) >= 11 is 0. The number of anilines is 1. The summed E-state index contributed by atoms with van der Waals surface area (Å²) < 4.78 is 0. The molecule has 0 amide bonds. The van der Waals surface area contributed by atoms with E-state index in [1.165, 1.54) is 0 Å². The van der Waals surface area contributed by atoms with Crippen molar-refractivity contribution in [1.29, 1.82) is 5.53 Å². The van der Waals surface area contributed by atoms with Gasteiger partial charge in [0.1, 0.15) is 11.4 Å². The van der Waals surface area contributed by atoms with Crippen LogP contribution in [0.3, 0.4) is 0 Å². The third-order valence-electron chi connectivity index (χ3n) is 2.35. The van der Waals surface area contributed by atoms with E-state index in [0.29, 0.717) is 11.4 Å². The van der Waals surface area contributed by atoms with Crippen molar-refractivity contribution in [3.05, 3.63) is 42.0 Å². The number of hydrogen-bond donors (Lipinski definition) is 3. The van der Waals surface area contributed by atoms with Crippen molar-refractivity contribution in [2.75, 3.05) is 5.32 Å². The van der Waals surface area contributed by atoms with Gasteiger partial charge in [0.25, 0.3) is 0 Å². The van der Waals surface area contributed by atoms with Gasteiger partial charge in [-0.15, -0.1) is 0 Å². The van der Waals surface area contributed by atoms with E-state index in [-0.39, 0.29) is 11.8 Å². The molecule has 0 aromatic heterocycles. The van der Waals surface area contributed by atoms with E-state index in [1.54, 1.807) is 12.1 Å². The van der Waals surface area contributed by atoms with Crippen LogP contribution in [0.1, 0.15) is 19.4 Å². The topological polar surface area (TPSA) is 68.5 Å². The Bertz CT molecular complexity index is 483. The minimum absolute atomic E-state index is 0.166. The summed E-state index contributed by atoms with van der Waals surface area (Å²) in [5.74, 6) is 0.166. The van der Waals surface area contributed by atoms with Crippen molar-refractivity contribution >= 4 is 11.4 Å². The highest BCUT2D eigenvalue weighted by atomic mass is 16.3. The fourth-order valence-corrected chi connectivity index (χ4v) is 1.43. The first-order valence-corrected chi connectivity index (χ1v) is 5.85. The molecule has 18 heavy (non-hydrogen) atoms. The predicted octanol–water partition coefficient (Wildman–Crippen LogP) is 4.31. The maximum atomic E-state index is 9.95. The first-order valence-electron chi connectivity index (χ1n) is 5.85. The summed E-state index contributed by atoms with van der Waals surface area (Å²) in [7, 11) is 0. The molecule has 1 aromatic carbocycles.